The fraction of sp³-hybridized carbons (Fsp3) is 0.152. The summed E-state index contributed by atoms with van der Waals surface area (Å²) in [5.74, 6) is -10.4. The summed E-state index contributed by atoms with van der Waals surface area (Å²) in [7, 11) is 0. The van der Waals surface area contributed by atoms with Crippen molar-refractivity contribution in [3.05, 3.63) is 138 Å². The summed E-state index contributed by atoms with van der Waals surface area (Å²) in [6, 6.07) is 29.7. The van der Waals surface area contributed by atoms with Crippen molar-refractivity contribution < 1.29 is 33.9 Å². The molecule has 5 aromatic rings. The number of amides is 6. The molecule has 0 fully saturated rings. The zero-order chi connectivity index (χ0) is 54.1. The van der Waals surface area contributed by atoms with E-state index in [0.717, 1.165) is 11.1 Å². The molecule has 26 N–H and O–H groups in total. The van der Waals surface area contributed by atoms with Crippen LogP contribution in [0, 0.1) is 0 Å². The smallest absolute Gasteiger partial charge is 0.270 e. The molecule has 0 radical (unpaired) electrons. The molecule has 0 aliphatic carbocycles. The maximum atomic E-state index is 14.4. The molecule has 1 heterocycles. The molecule has 0 aliphatic rings. The molecule has 28 nitrogen and oxygen atoms in total. The molecule has 74 heavy (non-hydrogen) atoms. The summed E-state index contributed by atoms with van der Waals surface area (Å²) in [5, 5.41) is 23.6. The second-order valence-corrected chi connectivity index (χ2v) is 15.7. The van der Waals surface area contributed by atoms with E-state index in [1.807, 2.05) is 72.1 Å². The Hall–Kier alpha value is -10.5. The predicted molar refractivity (Wildman–Crippen MR) is 278 cm³/mol. The lowest BCUT2D eigenvalue weighted by atomic mass is 10.1. The lowest BCUT2D eigenvalue weighted by molar-refractivity contribution is -0.136. The van der Waals surface area contributed by atoms with E-state index in [0.29, 0.717) is 16.5 Å². The number of aliphatic hydroxyl groups excluding tert-OH is 1. The molecule has 6 unspecified atom stereocenters. The van der Waals surface area contributed by atoms with Gasteiger partial charge < -0.3 is 93.9 Å². The average molecular weight is 1010 g/mol. The molecule has 386 valence electrons. The molecular weight excluding hydrogens is 959 g/mol. The van der Waals surface area contributed by atoms with Gasteiger partial charge in [0.25, 0.3) is 29.5 Å². The van der Waals surface area contributed by atoms with Gasteiger partial charge in [-0.3, -0.25) is 33.8 Å². The Balaban J connectivity index is 1.42. The van der Waals surface area contributed by atoms with Crippen LogP contribution in [0.25, 0.3) is 23.1 Å². The number of rotatable bonds is 22. The third-order valence-corrected chi connectivity index (χ3v) is 10.2. The van der Waals surface area contributed by atoms with Gasteiger partial charge in [-0.15, -0.1) is 0 Å². The lowest BCUT2D eigenvalue weighted by Gasteiger charge is -2.32. The van der Waals surface area contributed by atoms with Crippen LogP contribution < -0.4 is 88.8 Å². The van der Waals surface area contributed by atoms with E-state index in [4.69, 9.17) is 57.3 Å². The highest BCUT2D eigenvalue weighted by Gasteiger charge is 2.35. The first-order chi connectivity index (χ1) is 35.2. The number of guanidine groups is 4. The van der Waals surface area contributed by atoms with E-state index in [1.54, 1.807) is 48.7 Å². The fourth-order valence-electron chi connectivity index (χ4n) is 6.80. The average Bonchev–Trinajstić information content (AvgIpc) is 3.36. The third kappa shape index (κ3) is 15.5. The molecule has 5 rings (SSSR count). The van der Waals surface area contributed by atoms with Crippen molar-refractivity contribution in [2.45, 2.75) is 43.5 Å². The monoisotopic (exact) mass is 1010 g/mol. The van der Waals surface area contributed by atoms with Crippen molar-refractivity contribution in [1.29, 1.82) is 0 Å². The van der Waals surface area contributed by atoms with Crippen LogP contribution in [0.1, 0.15) is 28.3 Å². The van der Waals surface area contributed by atoms with E-state index < -0.39 is 96.2 Å². The molecule has 6 atom stereocenters. The SMILES string of the molecule is NC(=O)C(N=C(N)N)NC(=O)C(N=C(N)N)NC(=O)C(N=C(N)N)NC(=O)C(N=C(N)N)NC(=O)C(NC(=O)C(O)N(Cc1ccc(/C=C/c2ccccc2)cc1)c1ccc2ncccc2c1N)c1ccccc1. The van der Waals surface area contributed by atoms with Crippen molar-refractivity contribution in [2.24, 2.45) is 71.6 Å². The van der Waals surface area contributed by atoms with E-state index in [9.17, 15) is 33.9 Å². The minimum absolute atomic E-state index is 0.0735. The third-order valence-electron chi connectivity index (χ3n) is 10.2. The quantitative estimate of drug-likeness (QED) is 0.0102. The largest absolute Gasteiger partial charge is 0.396 e. The van der Waals surface area contributed by atoms with Crippen LogP contribution in [0.3, 0.4) is 0 Å². The fourth-order valence-corrected chi connectivity index (χ4v) is 6.80. The van der Waals surface area contributed by atoms with Crippen LogP contribution in [0.4, 0.5) is 11.4 Å². The maximum Gasteiger partial charge on any atom is 0.270 e. The molecular formula is C46H55N21O7. The summed E-state index contributed by atoms with van der Waals surface area (Å²) in [6.07, 6.45) is -4.75. The number of aliphatic imine (C=N–C) groups is 4. The highest BCUT2D eigenvalue weighted by molar-refractivity contribution is 6.01. The van der Waals surface area contributed by atoms with Gasteiger partial charge in [-0.2, -0.15) is 0 Å². The van der Waals surface area contributed by atoms with Gasteiger partial charge in [0.1, 0.15) is 6.04 Å². The van der Waals surface area contributed by atoms with Gasteiger partial charge in [0.05, 0.1) is 16.9 Å². The Morgan fingerprint density at radius 2 is 0.986 bits per heavy atom. The zero-order valence-corrected chi connectivity index (χ0v) is 39.1. The number of aliphatic hydroxyl groups is 1. The van der Waals surface area contributed by atoms with Gasteiger partial charge in [-0.1, -0.05) is 97.1 Å². The Labute approximate surface area is 421 Å². The number of pyridine rings is 1. The molecule has 1 aromatic heterocycles. The van der Waals surface area contributed by atoms with E-state index in [-0.39, 0.29) is 23.5 Å². The normalized spacial score (nSPS) is 13.2. The Kier molecular flexibility index (Phi) is 18.7. The minimum Gasteiger partial charge on any atom is -0.396 e. The number of carbonyl (C=O) groups is 6. The number of nitrogens with two attached hydrogens (primary N) is 10. The van der Waals surface area contributed by atoms with Crippen LogP contribution in [-0.4, -0.2) is 100 Å². The molecule has 0 aliphatic heterocycles. The van der Waals surface area contributed by atoms with Crippen molar-refractivity contribution in [3.8, 4) is 0 Å². The van der Waals surface area contributed by atoms with Crippen LogP contribution in [-0.2, 0) is 35.3 Å². The molecule has 0 spiro atoms. The highest BCUT2D eigenvalue weighted by atomic mass is 16.3. The molecule has 0 saturated heterocycles. The topological polar surface area (TPSA) is 509 Å². The van der Waals surface area contributed by atoms with Crippen molar-refractivity contribution >= 4 is 93.7 Å². The number of nitrogens with zero attached hydrogens (tertiary/aromatic N) is 6. The number of anilines is 2. The number of primary amides is 1. The van der Waals surface area contributed by atoms with Crippen LogP contribution in [0.5, 0.6) is 0 Å². The van der Waals surface area contributed by atoms with Crippen molar-refractivity contribution in [1.82, 2.24) is 31.6 Å². The molecule has 4 aromatic carbocycles. The van der Waals surface area contributed by atoms with Crippen molar-refractivity contribution in [2.75, 3.05) is 10.6 Å². The number of benzene rings is 4. The van der Waals surface area contributed by atoms with E-state index in [1.165, 1.54) is 17.0 Å². The van der Waals surface area contributed by atoms with Gasteiger partial charge in [0.15, 0.2) is 23.8 Å². The summed E-state index contributed by atoms with van der Waals surface area (Å²) < 4.78 is 0. The number of nitrogens with one attached hydrogen (secondary N) is 5. The second-order valence-electron chi connectivity index (χ2n) is 15.7. The highest BCUT2D eigenvalue weighted by Crippen LogP contribution is 2.33. The van der Waals surface area contributed by atoms with Gasteiger partial charge in [-0.25, -0.2) is 20.0 Å². The molecule has 6 amide bonds. The van der Waals surface area contributed by atoms with Gasteiger partial charge in [0, 0.05) is 18.1 Å². The van der Waals surface area contributed by atoms with Crippen LogP contribution in [0.2, 0.25) is 0 Å². The number of hydrogen-bond acceptors (Lipinski definition) is 14. The maximum absolute atomic E-state index is 14.4. The first kappa shape index (κ1) is 54.4. The number of fused-ring (bicyclic) bond motifs is 1. The second kappa shape index (κ2) is 25.4. The molecule has 28 heteroatoms. The van der Waals surface area contributed by atoms with Crippen LogP contribution >= 0.6 is 0 Å². The van der Waals surface area contributed by atoms with Gasteiger partial charge in [0.2, 0.25) is 36.8 Å². The predicted octanol–water partition coefficient (Wildman–Crippen LogP) is -4.48. The summed E-state index contributed by atoms with van der Waals surface area (Å²) in [4.78, 5) is 101. The number of aromatic nitrogens is 1. The standard InChI is InChI=1S/C46H55N21O7/c47-30-27-12-7-21-57-28(27)19-20-29(30)67(22-25-17-15-24(16-18-25)14-13-23-8-3-1-4-9-23)42(74)41(73)58-31(26-10-5-2-6-11-26)37(69)60-34(64-44(51)52)39(71)62-36(66-46(55)56)40(72)61-35(65-45(53)54)38(70)59-33(32(48)68)63-43(49)50/h1-21,31,33-36,42,74H,22,47H2,(H2,48,68)(H,58,73)(H,59,70)(H,60,69)(H,61,72)(H,62,71)(H4,49,50,63)(H4,51,52,64)(H4,53,54,65)(H4,55,56,66)/b14-13+. The van der Waals surface area contributed by atoms with Gasteiger partial charge in [-0.05, 0) is 46.5 Å². The Bertz CT molecular complexity index is 2970. The number of hydrogen-bond donors (Lipinski definition) is 16. The van der Waals surface area contributed by atoms with Gasteiger partial charge >= 0.3 is 0 Å². The Morgan fingerprint density at radius 1 is 0.527 bits per heavy atom. The first-order valence-corrected chi connectivity index (χ1v) is 21.8. The lowest BCUT2D eigenvalue weighted by Crippen LogP contribution is -2.58. The van der Waals surface area contributed by atoms with E-state index >= 15 is 0 Å². The number of carbonyl (C=O) groups excluding carboxylic acids is 6. The Morgan fingerprint density at radius 3 is 1.49 bits per heavy atom. The summed E-state index contributed by atoms with van der Waals surface area (Å²) >= 11 is 0. The zero-order valence-electron chi connectivity index (χ0n) is 39.1. The summed E-state index contributed by atoms with van der Waals surface area (Å²) in [5.41, 5.74) is 59.5. The van der Waals surface area contributed by atoms with Crippen molar-refractivity contribution in [3.63, 3.8) is 0 Å². The molecule has 0 bridgehead atoms. The van der Waals surface area contributed by atoms with Crippen LogP contribution in [0.15, 0.2) is 135 Å². The summed E-state index contributed by atoms with van der Waals surface area (Å²) in [6.45, 7) is -0.0735. The first-order valence-electron chi connectivity index (χ1n) is 21.8. The van der Waals surface area contributed by atoms with E-state index in [2.05, 4.69) is 46.2 Å². The minimum atomic E-state index is -2.15. The number of nitrogen functional groups attached to an aromatic ring is 1. The molecule has 0 saturated carbocycles.